The van der Waals surface area contributed by atoms with Crippen LogP contribution in [0.15, 0.2) is 58.4 Å². The Morgan fingerprint density at radius 3 is 2.51 bits per heavy atom. The van der Waals surface area contributed by atoms with Gasteiger partial charge in [-0.1, -0.05) is 19.9 Å². The third-order valence-corrected chi connectivity index (χ3v) is 10.3. The summed E-state index contributed by atoms with van der Waals surface area (Å²) in [6.07, 6.45) is 11.2. The number of imide groups is 1. The van der Waals surface area contributed by atoms with Crippen molar-refractivity contribution in [3.8, 4) is 0 Å². The maximum Gasteiger partial charge on any atom is 1.00 e. The molecule has 0 radical (unpaired) electrons. The molecule has 1 saturated heterocycles. The molecule has 0 saturated carbocycles. The quantitative estimate of drug-likeness (QED) is 0.0221. The molecule has 0 atom stereocenters. The maximum atomic E-state index is 12.2. The normalized spacial score (nSPS) is 17.9. The number of nitrogens with one attached hydrogen (secondary N) is 1. The minimum Gasteiger partial charge on any atom is -0.747 e. The summed E-state index contributed by atoms with van der Waals surface area (Å²) >= 11 is 0.631. The van der Waals surface area contributed by atoms with Crippen LogP contribution in [0.3, 0.4) is 0 Å². The van der Waals surface area contributed by atoms with E-state index in [4.69, 9.17) is 9.83 Å². The van der Waals surface area contributed by atoms with E-state index in [9.17, 15) is 32.6 Å². The van der Waals surface area contributed by atoms with Crippen molar-refractivity contribution in [3.63, 3.8) is 0 Å². The molecule has 20 heteroatoms. The number of carbonyl (C=O) groups excluding carboxylic acids is 3. The van der Waals surface area contributed by atoms with Gasteiger partial charge in [0.25, 0.3) is 11.8 Å². The summed E-state index contributed by atoms with van der Waals surface area (Å²) < 4.78 is 39.8. The van der Waals surface area contributed by atoms with Crippen molar-refractivity contribution in [1.82, 2.24) is 10.0 Å². The number of pyridine rings is 2. The Labute approximate surface area is 366 Å². The molecule has 0 aliphatic carbocycles. The van der Waals surface area contributed by atoms with Gasteiger partial charge in [0.1, 0.15) is 33.7 Å². The van der Waals surface area contributed by atoms with Gasteiger partial charge < -0.3 is 24.9 Å². The van der Waals surface area contributed by atoms with Crippen LogP contribution in [0.4, 0.5) is 23.0 Å². The summed E-state index contributed by atoms with van der Waals surface area (Å²) in [5.74, 6) is -0.914. The zero-order valence-electron chi connectivity index (χ0n) is 31.6. The fraction of sp³-hybridized carbons (Fsp3) is 0.457. The number of anilines is 2. The van der Waals surface area contributed by atoms with Crippen molar-refractivity contribution < 1.29 is 103 Å². The van der Waals surface area contributed by atoms with Crippen LogP contribution in [0.1, 0.15) is 84.3 Å². The third-order valence-electron chi connectivity index (χ3n) is 9.43. The summed E-state index contributed by atoms with van der Waals surface area (Å²) in [5.41, 5.74) is 4.92. The number of amides is 2. The zero-order valence-corrected chi connectivity index (χ0v) is 36.3. The van der Waals surface area contributed by atoms with Crippen LogP contribution in [0, 0.1) is 0 Å². The molecule has 55 heavy (non-hydrogen) atoms. The first-order valence-corrected chi connectivity index (χ1v) is 19.7. The molecule has 2 amide bonds. The Hall–Kier alpha value is -2.89. The van der Waals surface area contributed by atoms with E-state index in [1.54, 1.807) is 0 Å². The number of unbranched alkanes of at least 4 members (excludes halogenated alkanes) is 2. The van der Waals surface area contributed by atoms with Gasteiger partial charge in [-0.2, -0.15) is 4.33 Å². The van der Waals surface area contributed by atoms with Crippen LogP contribution in [0.2, 0.25) is 0 Å². The van der Waals surface area contributed by atoms with Gasteiger partial charge in [-0.05, 0) is 69.3 Å². The Morgan fingerprint density at radius 1 is 1.11 bits per heavy atom. The topological polar surface area (TPSA) is 219 Å². The van der Waals surface area contributed by atoms with E-state index >= 15 is 0 Å². The largest absolute Gasteiger partial charge is 1.00 e. The summed E-state index contributed by atoms with van der Waals surface area (Å²) in [6.45, 7) is 11.4. The number of aromatic nitrogens is 2. The summed E-state index contributed by atoms with van der Waals surface area (Å²) in [7, 11) is -4.46. The molecule has 2 aromatic heterocycles. The van der Waals surface area contributed by atoms with E-state index in [1.807, 2.05) is 48.0 Å². The second-order valence-corrected chi connectivity index (χ2v) is 15.8. The fourth-order valence-corrected chi connectivity index (χ4v) is 7.15. The molecule has 0 aromatic carbocycles. The van der Waals surface area contributed by atoms with Crippen LogP contribution in [-0.2, 0) is 56.1 Å². The van der Waals surface area contributed by atoms with Gasteiger partial charge in [0.2, 0.25) is 0 Å². The first-order valence-electron chi connectivity index (χ1n) is 17.3. The standard InChI is InChI=1S/C35H43N7O10S2.K/c1-6-41-28(35(4,5)25-17-23(19-36-32(25)41)38-22-54(47,48)49)12-10-11-27-34(2,3)26-18-24(37-21-53-52-51-46)20-40(33(26)39-27)16-9-7-8-13-31(45)50-42-29(43)14-15-30(42)44;/h10-12,17-21,38H,6-9,13-16,22H2,1-5H3,(H-,46,47,48,49);/q;+1/p-1. The third kappa shape index (κ3) is 10.7. The summed E-state index contributed by atoms with van der Waals surface area (Å²) in [4.78, 5) is 56.9. The van der Waals surface area contributed by atoms with E-state index in [-0.39, 0.29) is 70.6 Å². The molecule has 0 bridgehead atoms. The van der Waals surface area contributed by atoms with Crippen LogP contribution >= 0.6 is 12.0 Å². The van der Waals surface area contributed by atoms with E-state index in [0.29, 0.717) is 60.8 Å². The molecule has 0 unspecified atom stereocenters. The second-order valence-electron chi connectivity index (χ2n) is 13.8. The van der Waals surface area contributed by atoms with Crippen molar-refractivity contribution in [2.45, 2.75) is 90.5 Å². The van der Waals surface area contributed by atoms with E-state index in [1.165, 1.54) is 11.7 Å². The van der Waals surface area contributed by atoms with Crippen molar-refractivity contribution in [1.29, 1.82) is 0 Å². The molecule has 0 spiro atoms. The number of hydroxylamine groups is 2. The number of likely N-dealkylation sites (N-methyl/N-ethyl adjacent to an activating group) is 1. The Bertz CT molecular complexity index is 2020. The Morgan fingerprint density at radius 2 is 1.84 bits per heavy atom. The molecule has 5 heterocycles. The smallest absolute Gasteiger partial charge is 0.747 e. The summed E-state index contributed by atoms with van der Waals surface area (Å²) in [6, 6.07) is 3.74. The number of carbonyl (C=O) groups is 3. The molecule has 290 valence electrons. The number of hydrogen-bond acceptors (Lipinski definition) is 16. The van der Waals surface area contributed by atoms with Crippen molar-refractivity contribution in [2.75, 3.05) is 22.6 Å². The van der Waals surface area contributed by atoms with Crippen molar-refractivity contribution >= 4 is 74.2 Å². The van der Waals surface area contributed by atoms with Crippen molar-refractivity contribution in [3.05, 3.63) is 59.6 Å². The molecule has 2 aromatic rings. The zero-order chi connectivity index (χ0) is 39.3. The van der Waals surface area contributed by atoms with Crippen LogP contribution < -0.4 is 71.4 Å². The molecule has 17 nitrogen and oxygen atoms in total. The van der Waals surface area contributed by atoms with E-state index in [2.05, 4.69) is 57.3 Å². The van der Waals surface area contributed by atoms with Gasteiger partial charge in [-0.3, -0.25) is 14.6 Å². The average molecular weight is 824 g/mol. The minimum atomic E-state index is -4.46. The van der Waals surface area contributed by atoms with E-state index < -0.39 is 44.6 Å². The first-order chi connectivity index (χ1) is 25.6. The number of allylic oxidation sites excluding steroid dienone is 4. The molecular weight excluding hydrogens is 782 g/mol. The monoisotopic (exact) mass is 823 g/mol. The van der Waals surface area contributed by atoms with Gasteiger partial charge in [0.15, 0.2) is 5.71 Å². The van der Waals surface area contributed by atoms with Crippen LogP contribution in [0.5, 0.6) is 0 Å². The SMILES string of the molecule is CCN1/C(=C/C=C/C2=Nc3c(cc(N=CSOO[O-])c[n+]3CCCCCC(=O)ON3C(=O)CCC3=O)C2(C)C)C(C)(C)c2cc(NCS(=O)(=O)[O-])cnc21.[K+]. The Balaban J connectivity index is 0.00000673. The van der Waals surface area contributed by atoms with E-state index in [0.717, 1.165) is 34.2 Å². The van der Waals surface area contributed by atoms with Crippen LogP contribution in [-0.4, -0.2) is 64.5 Å². The first kappa shape index (κ1) is 44.8. The van der Waals surface area contributed by atoms with Gasteiger partial charge in [0, 0.05) is 42.5 Å². The van der Waals surface area contributed by atoms with Gasteiger partial charge >= 0.3 is 63.2 Å². The average Bonchev–Trinajstić information content (AvgIpc) is 3.65. The number of nitrogens with zero attached hydrogens (tertiary/aromatic N) is 6. The van der Waals surface area contributed by atoms with Gasteiger partial charge in [-0.15, -0.1) is 5.06 Å². The number of aliphatic imine (C=N–C) groups is 2. The molecular formula is C35H42KN7O10S2. The van der Waals surface area contributed by atoms with Gasteiger partial charge in [-0.25, -0.2) is 27.8 Å². The van der Waals surface area contributed by atoms with Crippen molar-refractivity contribution in [2.24, 2.45) is 9.98 Å². The number of aryl methyl sites for hydroxylation is 1. The Kier molecular flexibility index (Phi) is 15.5. The minimum absolute atomic E-state index is 0. The van der Waals surface area contributed by atoms with Gasteiger partial charge in [0.05, 0.1) is 47.0 Å². The number of hydrogen-bond donors (Lipinski definition) is 1. The van der Waals surface area contributed by atoms with Crippen LogP contribution in [0.25, 0.3) is 0 Å². The molecule has 5 rings (SSSR count). The number of fused-ring (bicyclic) bond motifs is 2. The predicted molar refractivity (Wildman–Crippen MR) is 196 cm³/mol. The second kappa shape index (κ2) is 19.0. The molecule has 3 aliphatic heterocycles. The number of rotatable bonds is 17. The molecule has 1 fully saturated rings. The molecule has 3 aliphatic rings. The maximum absolute atomic E-state index is 12.2. The summed E-state index contributed by atoms with van der Waals surface area (Å²) in [5, 5.41) is 16.8. The molecule has 1 N–H and O–H groups in total. The fourth-order valence-electron chi connectivity index (χ4n) is 6.58. The predicted octanol–water partition coefficient (Wildman–Crippen LogP) is 0.608.